The van der Waals surface area contributed by atoms with Gasteiger partial charge in [-0.1, -0.05) is 42.5 Å². The Morgan fingerprint density at radius 1 is 0.972 bits per heavy atom. The molecular formula is C30H28N2O4. The lowest BCUT2D eigenvalue weighted by molar-refractivity contribution is 0.152. The standard InChI is InChI=1S/C30H28N2O4/c1-4-32(30(33)36-27-19-17-26(34-3)18-20-27)21-24-15-13-23(14-16-24)9-8-12-28-22(2)35-29(31-28)25-10-6-5-7-11-25/h5-7,9-20H,4,21H2,1-3H3. The lowest BCUT2D eigenvalue weighted by atomic mass is 10.1. The molecule has 0 aliphatic rings. The van der Waals surface area contributed by atoms with E-state index in [2.05, 4.69) is 10.7 Å². The number of aromatic nitrogens is 1. The van der Waals surface area contributed by atoms with Crippen LogP contribution in [0.2, 0.25) is 0 Å². The molecule has 3 aromatic carbocycles. The van der Waals surface area contributed by atoms with Gasteiger partial charge in [0.25, 0.3) is 0 Å². The van der Waals surface area contributed by atoms with Crippen LogP contribution < -0.4 is 9.47 Å². The molecule has 0 bridgehead atoms. The molecule has 0 saturated heterocycles. The number of amides is 1. The van der Waals surface area contributed by atoms with Crippen LogP contribution in [0.1, 0.15) is 29.5 Å². The van der Waals surface area contributed by atoms with Crippen LogP contribution in [0.5, 0.6) is 11.5 Å². The van der Waals surface area contributed by atoms with Crippen molar-refractivity contribution in [3.63, 3.8) is 0 Å². The van der Waals surface area contributed by atoms with Crippen LogP contribution in [-0.4, -0.2) is 29.6 Å². The molecule has 6 heteroatoms. The molecule has 0 N–H and O–H groups in total. The number of hydrogen-bond acceptors (Lipinski definition) is 5. The van der Waals surface area contributed by atoms with Gasteiger partial charge in [-0.15, -0.1) is 5.73 Å². The van der Waals surface area contributed by atoms with Gasteiger partial charge >= 0.3 is 6.09 Å². The van der Waals surface area contributed by atoms with Crippen LogP contribution in [-0.2, 0) is 6.54 Å². The zero-order chi connectivity index (χ0) is 25.3. The lowest BCUT2D eigenvalue weighted by Crippen LogP contribution is -2.32. The number of oxazole rings is 1. The van der Waals surface area contributed by atoms with Crippen LogP contribution in [0.3, 0.4) is 0 Å². The van der Waals surface area contributed by atoms with E-state index in [4.69, 9.17) is 13.9 Å². The summed E-state index contributed by atoms with van der Waals surface area (Å²) in [5.74, 6) is 2.52. The number of carbonyl (C=O) groups excluding carboxylic acids is 1. The summed E-state index contributed by atoms with van der Waals surface area (Å²) in [5.41, 5.74) is 6.86. The number of carbonyl (C=O) groups is 1. The minimum absolute atomic E-state index is 0.396. The molecule has 4 rings (SSSR count). The van der Waals surface area contributed by atoms with Crippen LogP contribution in [0.25, 0.3) is 23.6 Å². The number of benzene rings is 3. The highest BCUT2D eigenvalue weighted by atomic mass is 16.6. The highest BCUT2D eigenvalue weighted by Gasteiger charge is 2.15. The molecule has 0 saturated carbocycles. The number of nitrogens with zero attached hydrogens (tertiary/aromatic N) is 2. The van der Waals surface area contributed by atoms with E-state index in [0.29, 0.717) is 30.5 Å². The van der Waals surface area contributed by atoms with Crippen LogP contribution in [0, 0.1) is 6.92 Å². The highest BCUT2D eigenvalue weighted by Crippen LogP contribution is 2.22. The summed E-state index contributed by atoms with van der Waals surface area (Å²) in [6, 6.07) is 24.7. The molecule has 0 unspecified atom stereocenters. The van der Waals surface area contributed by atoms with Crippen molar-refractivity contribution in [2.75, 3.05) is 13.7 Å². The molecule has 0 radical (unpaired) electrons. The van der Waals surface area contributed by atoms with Gasteiger partial charge in [0.15, 0.2) is 0 Å². The first kappa shape index (κ1) is 24.6. The number of ether oxygens (including phenoxy) is 2. The molecular weight excluding hydrogens is 452 g/mol. The van der Waals surface area contributed by atoms with Crippen molar-refractivity contribution in [2.24, 2.45) is 0 Å². The van der Waals surface area contributed by atoms with Gasteiger partial charge in [-0.05, 0) is 67.4 Å². The molecule has 182 valence electrons. The van der Waals surface area contributed by atoms with E-state index < -0.39 is 6.09 Å². The summed E-state index contributed by atoms with van der Waals surface area (Å²) in [5, 5.41) is 0. The van der Waals surface area contributed by atoms with Gasteiger partial charge in [0.1, 0.15) is 23.0 Å². The molecule has 0 spiro atoms. The van der Waals surface area contributed by atoms with Crippen LogP contribution in [0.15, 0.2) is 89.0 Å². The molecule has 6 nitrogen and oxygen atoms in total. The Labute approximate surface area is 211 Å². The van der Waals surface area contributed by atoms with Gasteiger partial charge in [0.2, 0.25) is 5.89 Å². The third-order valence-electron chi connectivity index (χ3n) is 5.58. The van der Waals surface area contributed by atoms with E-state index in [0.717, 1.165) is 28.1 Å². The van der Waals surface area contributed by atoms with E-state index in [1.807, 2.05) is 80.6 Å². The summed E-state index contributed by atoms with van der Waals surface area (Å²) in [7, 11) is 1.59. The van der Waals surface area contributed by atoms with E-state index in [1.165, 1.54) is 0 Å². The largest absolute Gasteiger partial charge is 0.497 e. The number of aryl methyl sites for hydroxylation is 1. The number of hydrogen-bond donors (Lipinski definition) is 0. The van der Waals surface area contributed by atoms with Crippen molar-refractivity contribution in [3.05, 3.63) is 107 Å². The minimum atomic E-state index is -0.396. The Bertz CT molecular complexity index is 1350. The van der Waals surface area contributed by atoms with Crippen molar-refractivity contribution >= 4 is 18.2 Å². The third-order valence-corrected chi connectivity index (χ3v) is 5.58. The van der Waals surface area contributed by atoms with Gasteiger partial charge in [0.05, 0.1) is 7.11 Å². The number of rotatable bonds is 8. The summed E-state index contributed by atoms with van der Waals surface area (Å²) in [4.78, 5) is 18.8. The zero-order valence-electron chi connectivity index (χ0n) is 20.6. The van der Waals surface area contributed by atoms with E-state index in [-0.39, 0.29) is 0 Å². The van der Waals surface area contributed by atoms with Crippen molar-refractivity contribution in [3.8, 4) is 23.0 Å². The smallest absolute Gasteiger partial charge is 0.415 e. The molecule has 0 fully saturated rings. The SMILES string of the molecule is CCN(Cc1ccc(C=C=Cc2nc(-c3ccccc3)oc2C)cc1)C(=O)Oc1ccc(OC)cc1. The summed E-state index contributed by atoms with van der Waals surface area (Å²) in [6.07, 6.45) is 3.30. The predicted octanol–water partition coefficient (Wildman–Crippen LogP) is 7.01. The second-order valence-corrected chi connectivity index (χ2v) is 8.08. The van der Waals surface area contributed by atoms with E-state index in [9.17, 15) is 4.79 Å². The summed E-state index contributed by atoms with van der Waals surface area (Å²) >= 11 is 0. The molecule has 1 amide bonds. The van der Waals surface area contributed by atoms with Gasteiger partial charge in [-0.25, -0.2) is 9.78 Å². The maximum atomic E-state index is 12.6. The van der Waals surface area contributed by atoms with Gasteiger partial charge in [-0.2, -0.15) is 0 Å². The third kappa shape index (κ3) is 6.32. The fourth-order valence-corrected chi connectivity index (χ4v) is 3.52. The Morgan fingerprint density at radius 2 is 1.67 bits per heavy atom. The van der Waals surface area contributed by atoms with Crippen molar-refractivity contribution < 1.29 is 18.7 Å². The molecule has 0 aliphatic heterocycles. The summed E-state index contributed by atoms with van der Waals surface area (Å²) < 4.78 is 16.4. The van der Waals surface area contributed by atoms with Gasteiger partial charge < -0.3 is 18.8 Å². The minimum Gasteiger partial charge on any atom is -0.497 e. The van der Waals surface area contributed by atoms with Crippen LogP contribution in [0.4, 0.5) is 4.79 Å². The monoisotopic (exact) mass is 480 g/mol. The Hall–Kier alpha value is -4.54. The maximum absolute atomic E-state index is 12.6. The quantitative estimate of drug-likeness (QED) is 0.254. The first-order valence-corrected chi connectivity index (χ1v) is 11.7. The zero-order valence-corrected chi connectivity index (χ0v) is 20.6. The number of methoxy groups -OCH3 is 1. The van der Waals surface area contributed by atoms with Crippen LogP contribution >= 0.6 is 0 Å². The molecule has 1 heterocycles. The van der Waals surface area contributed by atoms with E-state index >= 15 is 0 Å². The highest BCUT2D eigenvalue weighted by molar-refractivity contribution is 5.70. The van der Waals surface area contributed by atoms with E-state index in [1.54, 1.807) is 36.3 Å². The van der Waals surface area contributed by atoms with Crippen molar-refractivity contribution in [2.45, 2.75) is 20.4 Å². The first-order chi connectivity index (χ1) is 17.6. The van der Waals surface area contributed by atoms with Crippen molar-refractivity contribution in [1.29, 1.82) is 0 Å². The topological polar surface area (TPSA) is 64.8 Å². The maximum Gasteiger partial charge on any atom is 0.415 e. The second kappa shape index (κ2) is 11.7. The van der Waals surface area contributed by atoms with Gasteiger partial charge in [0, 0.05) is 24.7 Å². The molecule has 1 aromatic heterocycles. The Balaban J connectivity index is 1.37. The fraction of sp³-hybridized carbons (Fsp3) is 0.167. The molecule has 36 heavy (non-hydrogen) atoms. The predicted molar refractivity (Wildman–Crippen MR) is 141 cm³/mol. The lowest BCUT2D eigenvalue weighted by Gasteiger charge is -2.20. The fourth-order valence-electron chi connectivity index (χ4n) is 3.52. The average molecular weight is 481 g/mol. The molecule has 0 atom stereocenters. The van der Waals surface area contributed by atoms with Gasteiger partial charge in [-0.3, -0.25) is 0 Å². The molecule has 4 aromatic rings. The Kier molecular flexibility index (Phi) is 8.01. The summed E-state index contributed by atoms with van der Waals surface area (Å²) in [6.45, 7) is 4.79. The Morgan fingerprint density at radius 3 is 2.33 bits per heavy atom. The molecule has 0 aliphatic carbocycles. The second-order valence-electron chi connectivity index (χ2n) is 8.08. The van der Waals surface area contributed by atoms with Crippen molar-refractivity contribution in [1.82, 2.24) is 9.88 Å². The first-order valence-electron chi connectivity index (χ1n) is 11.7. The normalized spacial score (nSPS) is 10.3. The average Bonchev–Trinajstić information content (AvgIpc) is 3.29.